The van der Waals surface area contributed by atoms with E-state index >= 15 is 0 Å². The molecular weight excluding hydrogens is 472 g/mol. The highest BCUT2D eigenvalue weighted by atomic mass is 35.5. The summed E-state index contributed by atoms with van der Waals surface area (Å²) in [6, 6.07) is 8.88. The van der Waals surface area contributed by atoms with Crippen LogP contribution in [0.25, 0.3) is 0 Å². The second-order valence-corrected chi connectivity index (χ2v) is 9.64. The zero-order valence-electron chi connectivity index (χ0n) is 19.1. The van der Waals surface area contributed by atoms with Gasteiger partial charge in [0.2, 0.25) is 23.6 Å². The fraction of sp³-hybridized carbons (Fsp3) is 0.320. The SMILES string of the molecule is CC(=O)c1ccc(N2C(=O)[C@@H]3[C@H](CCC(N)=O)N[C@@]4(C(=O)Nc5c4ccc(Cl)c5C)[C@@H]3C2=O)cc1. The summed E-state index contributed by atoms with van der Waals surface area (Å²) in [5.41, 5.74) is 6.32. The van der Waals surface area contributed by atoms with Crippen LogP contribution in [0.3, 0.4) is 0 Å². The summed E-state index contributed by atoms with van der Waals surface area (Å²) >= 11 is 6.27. The molecule has 5 rings (SSSR count). The first-order valence-corrected chi connectivity index (χ1v) is 11.6. The van der Waals surface area contributed by atoms with E-state index in [1.165, 1.54) is 6.92 Å². The second-order valence-electron chi connectivity index (χ2n) is 9.23. The van der Waals surface area contributed by atoms with E-state index in [1.54, 1.807) is 43.3 Å². The van der Waals surface area contributed by atoms with E-state index in [2.05, 4.69) is 10.6 Å². The molecule has 3 aliphatic rings. The zero-order valence-corrected chi connectivity index (χ0v) is 19.8. The molecule has 0 unspecified atom stereocenters. The van der Waals surface area contributed by atoms with Gasteiger partial charge in [0, 0.05) is 28.6 Å². The number of rotatable bonds is 5. The van der Waals surface area contributed by atoms with Crippen LogP contribution in [0.15, 0.2) is 36.4 Å². The first kappa shape index (κ1) is 23.2. The van der Waals surface area contributed by atoms with Gasteiger partial charge in [-0.2, -0.15) is 0 Å². The van der Waals surface area contributed by atoms with E-state index in [9.17, 15) is 24.0 Å². The molecule has 3 heterocycles. The van der Waals surface area contributed by atoms with Crippen LogP contribution in [0, 0.1) is 18.8 Å². The van der Waals surface area contributed by atoms with Gasteiger partial charge in [0.15, 0.2) is 5.78 Å². The molecule has 4 N–H and O–H groups in total. The Morgan fingerprint density at radius 2 is 1.77 bits per heavy atom. The average Bonchev–Trinajstić information content (AvgIpc) is 3.40. The highest BCUT2D eigenvalue weighted by molar-refractivity contribution is 6.32. The molecule has 0 aromatic heterocycles. The summed E-state index contributed by atoms with van der Waals surface area (Å²) in [6.07, 6.45) is 0.170. The summed E-state index contributed by atoms with van der Waals surface area (Å²) in [6.45, 7) is 3.19. The molecule has 35 heavy (non-hydrogen) atoms. The minimum atomic E-state index is -1.50. The number of primary amides is 1. The minimum Gasteiger partial charge on any atom is -0.370 e. The Kier molecular flexibility index (Phi) is 5.30. The van der Waals surface area contributed by atoms with Crippen LogP contribution in [-0.2, 0) is 24.7 Å². The molecule has 3 aliphatic heterocycles. The van der Waals surface area contributed by atoms with Gasteiger partial charge >= 0.3 is 0 Å². The predicted molar refractivity (Wildman–Crippen MR) is 128 cm³/mol. The van der Waals surface area contributed by atoms with Gasteiger partial charge in [-0.1, -0.05) is 17.7 Å². The predicted octanol–water partition coefficient (Wildman–Crippen LogP) is 2.04. The molecule has 4 atom stereocenters. The van der Waals surface area contributed by atoms with Crippen molar-refractivity contribution in [3.8, 4) is 0 Å². The van der Waals surface area contributed by atoms with Crippen molar-refractivity contribution in [3.63, 3.8) is 0 Å². The minimum absolute atomic E-state index is 0.0140. The lowest BCUT2D eigenvalue weighted by Gasteiger charge is -2.29. The van der Waals surface area contributed by atoms with Crippen molar-refractivity contribution in [1.82, 2.24) is 5.32 Å². The van der Waals surface area contributed by atoms with E-state index in [4.69, 9.17) is 17.3 Å². The van der Waals surface area contributed by atoms with Crippen molar-refractivity contribution >= 4 is 52.4 Å². The normalized spacial score (nSPS) is 26.8. The molecule has 2 aromatic rings. The Labute approximate surface area is 206 Å². The standard InChI is InChI=1S/C25H23ClN4O5/c1-11-16(26)8-7-15-21(11)28-24(35)25(15)20-19(17(29-25)9-10-18(27)32)22(33)30(23(20)34)14-5-3-13(4-6-14)12(2)31/h3-8,17,19-20,29H,9-10H2,1-2H3,(H2,27,32)(H,28,35)/t17-,19+,20-,25+/m0/s1. The number of fused-ring (bicyclic) bond motifs is 4. The fourth-order valence-corrected chi connectivity index (χ4v) is 5.79. The van der Waals surface area contributed by atoms with Gasteiger partial charge < -0.3 is 11.1 Å². The van der Waals surface area contributed by atoms with Crippen molar-refractivity contribution in [3.05, 3.63) is 58.1 Å². The lowest BCUT2D eigenvalue weighted by Crippen LogP contribution is -2.53. The van der Waals surface area contributed by atoms with Gasteiger partial charge in [0.25, 0.3) is 0 Å². The van der Waals surface area contributed by atoms with Gasteiger partial charge in [-0.3, -0.25) is 29.3 Å². The monoisotopic (exact) mass is 494 g/mol. The molecule has 9 nitrogen and oxygen atoms in total. The molecule has 0 radical (unpaired) electrons. The van der Waals surface area contributed by atoms with Gasteiger partial charge in [0.05, 0.1) is 23.2 Å². The zero-order chi connectivity index (χ0) is 25.2. The van der Waals surface area contributed by atoms with Crippen molar-refractivity contribution < 1.29 is 24.0 Å². The number of nitrogens with two attached hydrogens (primary N) is 1. The number of hydrogen-bond donors (Lipinski definition) is 3. The van der Waals surface area contributed by atoms with Crippen LogP contribution in [-0.4, -0.2) is 35.5 Å². The lowest BCUT2D eigenvalue weighted by molar-refractivity contribution is -0.130. The summed E-state index contributed by atoms with van der Waals surface area (Å²) in [7, 11) is 0. The lowest BCUT2D eigenvalue weighted by atomic mass is 9.76. The largest absolute Gasteiger partial charge is 0.370 e. The fourth-order valence-electron chi connectivity index (χ4n) is 5.64. The highest BCUT2D eigenvalue weighted by Gasteiger charge is 2.70. The first-order chi connectivity index (χ1) is 16.6. The third-order valence-corrected chi connectivity index (χ3v) is 7.73. The van der Waals surface area contributed by atoms with Crippen molar-refractivity contribution in [2.75, 3.05) is 10.2 Å². The maximum atomic E-state index is 13.9. The first-order valence-electron chi connectivity index (χ1n) is 11.2. The van der Waals surface area contributed by atoms with E-state index < -0.39 is 47.0 Å². The number of carbonyl (C=O) groups is 5. The highest BCUT2D eigenvalue weighted by Crippen LogP contribution is 2.55. The summed E-state index contributed by atoms with van der Waals surface area (Å²) in [4.78, 5) is 65.4. The summed E-state index contributed by atoms with van der Waals surface area (Å²) < 4.78 is 0. The van der Waals surface area contributed by atoms with E-state index in [1.807, 2.05) is 0 Å². The number of imide groups is 1. The number of benzene rings is 2. The van der Waals surface area contributed by atoms with E-state index in [0.717, 1.165) is 4.90 Å². The molecule has 1 spiro atoms. The average molecular weight is 495 g/mol. The van der Waals surface area contributed by atoms with Crippen molar-refractivity contribution in [1.29, 1.82) is 0 Å². The van der Waals surface area contributed by atoms with Crippen LogP contribution in [0.4, 0.5) is 11.4 Å². The molecule has 10 heteroatoms. The Morgan fingerprint density at radius 1 is 1.09 bits per heavy atom. The van der Waals surface area contributed by atoms with E-state index in [0.29, 0.717) is 33.1 Å². The van der Waals surface area contributed by atoms with Crippen LogP contribution >= 0.6 is 11.6 Å². The third-order valence-electron chi connectivity index (χ3n) is 7.32. The molecule has 2 saturated heterocycles. The van der Waals surface area contributed by atoms with Crippen molar-refractivity contribution in [2.24, 2.45) is 17.6 Å². The molecule has 0 bridgehead atoms. The Balaban J connectivity index is 1.63. The third kappa shape index (κ3) is 3.22. The Morgan fingerprint density at radius 3 is 2.40 bits per heavy atom. The van der Waals surface area contributed by atoms with Crippen LogP contribution < -0.4 is 21.3 Å². The second kappa shape index (κ2) is 8.00. The number of ketones is 1. The molecule has 2 aromatic carbocycles. The van der Waals surface area contributed by atoms with Crippen LogP contribution in [0.2, 0.25) is 5.02 Å². The summed E-state index contributed by atoms with van der Waals surface area (Å²) in [5, 5.41) is 6.57. The van der Waals surface area contributed by atoms with Crippen LogP contribution in [0.1, 0.15) is 41.3 Å². The number of amides is 4. The van der Waals surface area contributed by atoms with Crippen LogP contribution in [0.5, 0.6) is 0 Å². The number of halogens is 1. The Bertz CT molecular complexity index is 1320. The smallest absolute Gasteiger partial charge is 0.250 e. The van der Waals surface area contributed by atoms with Crippen molar-refractivity contribution in [2.45, 2.75) is 38.3 Å². The quantitative estimate of drug-likeness (QED) is 0.429. The van der Waals surface area contributed by atoms with Gasteiger partial charge in [-0.05, 0) is 56.2 Å². The number of hydrogen-bond acceptors (Lipinski definition) is 6. The molecule has 4 amide bonds. The molecular formula is C25H23ClN4O5. The topological polar surface area (TPSA) is 139 Å². The molecule has 2 fully saturated rings. The summed E-state index contributed by atoms with van der Waals surface area (Å²) in [5.74, 6) is -4.07. The number of nitrogens with zero attached hydrogens (tertiary/aromatic N) is 1. The molecule has 0 saturated carbocycles. The number of nitrogens with one attached hydrogen (secondary N) is 2. The maximum Gasteiger partial charge on any atom is 0.250 e. The number of anilines is 2. The number of carbonyl (C=O) groups excluding carboxylic acids is 5. The maximum absolute atomic E-state index is 13.9. The Hall–Kier alpha value is -3.56. The number of Topliss-reactive ketones (excluding diaryl/α,β-unsaturated/α-hetero) is 1. The van der Waals surface area contributed by atoms with Gasteiger partial charge in [-0.25, -0.2) is 4.90 Å². The molecule has 0 aliphatic carbocycles. The van der Waals surface area contributed by atoms with E-state index in [-0.39, 0.29) is 18.6 Å². The van der Waals surface area contributed by atoms with Gasteiger partial charge in [-0.15, -0.1) is 0 Å². The van der Waals surface area contributed by atoms with Gasteiger partial charge in [0.1, 0.15) is 5.54 Å². The molecule has 180 valence electrons.